The van der Waals surface area contributed by atoms with E-state index in [0.717, 1.165) is 66.3 Å². The molecule has 1 saturated carbocycles. The standard InChI is InChI=1S/C34H37N5O2S/c1-39(24-27-9-3-2-4-10-27)33-31-13-7-8-14-32(31)37-34(38-33)35-22-25-15-17-26(18-16-25)23-36-42(40,41)30-20-19-28-11-5-6-12-29(28)21-30/h2-14,19-21,25-26,36H,15-18,22-24H2,1H3,(H,35,37,38)/t25-,26-. The zero-order valence-corrected chi connectivity index (χ0v) is 24.7. The van der Waals surface area contributed by atoms with Crippen molar-refractivity contribution in [3.8, 4) is 0 Å². The van der Waals surface area contributed by atoms with Crippen LogP contribution in [-0.4, -0.2) is 38.5 Å². The summed E-state index contributed by atoms with van der Waals surface area (Å²) < 4.78 is 28.8. The van der Waals surface area contributed by atoms with Crippen LogP contribution < -0.4 is 14.9 Å². The number of nitrogens with one attached hydrogen (secondary N) is 2. The van der Waals surface area contributed by atoms with Crippen LogP contribution >= 0.6 is 0 Å². The van der Waals surface area contributed by atoms with Crippen LogP contribution in [0.15, 0.2) is 102 Å². The lowest BCUT2D eigenvalue weighted by Crippen LogP contribution is -2.32. The van der Waals surface area contributed by atoms with Crippen molar-refractivity contribution in [2.75, 3.05) is 30.4 Å². The van der Waals surface area contributed by atoms with Crippen molar-refractivity contribution in [1.29, 1.82) is 0 Å². The number of fused-ring (bicyclic) bond motifs is 2. The first kappa shape index (κ1) is 28.1. The first-order chi connectivity index (χ1) is 20.4. The number of benzene rings is 4. The molecule has 0 aliphatic heterocycles. The minimum atomic E-state index is -3.54. The Labute approximate surface area is 248 Å². The number of aromatic nitrogens is 2. The molecule has 0 spiro atoms. The van der Waals surface area contributed by atoms with Crippen molar-refractivity contribution in [1.82, 2.24) is 14.7 Å². The molecule has 7 nitrogen and oxygen atoms in total. The van der Waals surface area contributed by atoms with Gasteiger partial charge in [0, 0.05) is 32.1 Å². The maximum absolute atomic E-state index is 13.0. The summed E-state index contributed by atoms with van der Waals surface area (Å²) in [5, 5.41) is 6.51. The summed E-state index contributed by atoms with van der Waals surface area (Å²) >= 11 is 0. The predicted octanol–water partition coefficient (Wildman–Crippen LogP) is 6.62. The zero-order valence-electron chi connectivity index (χ0n) is 23.9. The van der Waals surface area contributed by atoms with Gasteiger partial charge in [0.2, 0.25) is 16.0 Å². The highest BCUT2D eigenvalue weighted by molar-refractivity contribution is 7.89. The maximum atomic E-state index is 13.0. The highest BCUT2D eigenvalue weighted by atomic mass is 32.2. The molecular formula is C34H37N5O2S. The van der Waals surface area contributed by atoms with E-state index in [1.807, 2.05) is 54.6 Å². The van der Waals surface area contributed by atoms with Crippen molar-refractivity contribution >= 4 is 43.5 Å². The van der Waals surface area contributed by atoms with Crippen LogP contribution in [0.1, 0.15) is 31.2 Å². The minimum absolute atomic E-state index is 0.322. The first-order valence-corrected chi connectivity index (χ1v) is 16.2. The summed E-state index contributed by atoms with van der Waals surface area (Å²) in [5.74, 6) is 2.40. The van der Waals surface area contributed by atoms with Crippen LogP contribution in [-0.2, 0) is 16.6 Å². The van der Waals surface area contributed by atoms with Crippen molar-refractivity contribution in [3.05, 3.63) is 103 Å². The summed E-state index contributed by atoms with van der Waals surface area (Å²) in [4.78, 5) is 12.2. The van der Waals surface area contributed by atoms with Gasteiger partial charge in [-0.3, -0.25) is 0 Å². The number of nitrogens with zero attached hydrogens (tertiary/aromatic N) is 3. The first-order valence-electron chi connectivity index (χ1n) is 14.7. The average molecular weight is 580 g/mol. The lowest BCUT2D eigenvalue weighted by atomic mass is 9.82. The molecule has 216 valence electrons. The topological polar surface area (TPSA) is 87.2 Å². The predicted molar refractivity (Wildman–Crippen MR) is 171 cm³/mol. The van der Waals surface area contributed by atoms with E-state index in [1.165, 1.54) is 5.56 Å². The normalized spacial score (nSPS) is 17.4. The van der Waals surface area contributed by atoms with Gasteiger partial charge in [-0.25, -0.2) is 18.1 Å². The van der Waals surface area contributed by atoms with E-state index in [-0.39, 0.29) is 0 Å². The van der Waals surface area contributed by atoms with Crippen molar-refractivity contribution in [2.24, 2.45) is 11.8 Å². The van der Waals surface area contributed by atoms with Gasteiger partial charge in [-0.15, -0.1) is 0 Å². The Kier molecular flexibility index (Phi) is 8.35. The van der Waals surface area contributed by atoms with E-state index in [0.29, 0.717) is 29.2 Å². The Morgan fingerprint density at radius 1 is 0.762 bits per heavy atom. The molecule has 0 radical (unpaired) electrons. The third-order valence-electron chi connectivity index (χ3n) is 8.32. The molecule has 1 aromatic heterocycles. The highest BCUT2D eigenvalue weighted by Crippen LogP contribution is 2.30. The molecule has 0 saturated heterocycles. The largest absolute Gasteiger partial charge is 0.355 e. The number of hydrogen-bond donors (Lipinski definition) is 2. The summed E-state index contributed by atoms with van der Waals surface area (Å²) in [5.41, 5.74) is 2.15. The Morgan fingerprint density at radius 3 is 2.21 bits per heavy atom. The van der Waals surface area contributed by atoms with Crippen LogP contribution in [0.3, 0.4) is 0 Å². The molecule has 8 heteroatoms. The summed E-state index contributed by atoms with van der Waals surface area (Å²) in [7, 11) is -1.47. The van der Waals surface area contributed by atoms with Crippen LogP contribution in [0.5, 0.6) is 0 Å². The van der Waals surface area contributed by atoms with Gasteiger partial charge < -0.3 is 10.2 Å². The molecule has 1 fully saturated rings. The van der Waals surface area contributed by atoms with Crippen molar-refractivity contribution in [3.63, 3.8) is 0 Å². The molecule has 2 N–H and O–H groups in total. The van der Waals surface area contributed by atoms with Crippen molar-refractivity contribution in [2.45, 2.75) is 37.1 Å². The Hall–Kier alpha value is -4.01. The molecule has 5 aromatic rings. The minimum Gasteiger partial charge on any atom is -0.355 e. The molecule has 1 aliphatic rings. The third-order valence-corrected chi connectivity index (χ3v) is 9.74. The number of rotatable bonds is 10. The number of para-hydroxylation sites is 1. The SMILES string of the molecule is CN(Cc1ccccc1)c1nc(NC[C@H]2CC[C@H](CNS(=O)(=O)c3ccc4ccccc4c3)CC2)nc2ccccc12. The van der Waals surface area contributed by atoms with Crippen LogP contribution in [0.2, 0.25) is 0 Å². The summed E-state index contributed by atoms with van der Waals surface area (Å²) in [6.45, 7) is 2.03. The Balaban J connectivity index is 1.04. The Bertz CT molecular complexity index is 1770. The molecule has 4 aromatic carbocycles. The molecule has 6 rings (SSSR count). The van der Waals surface area contributed by atoms with Gasteiger partial charge in [-0.1, -0.05) is 72.8 Å². The Morgan fingerprint density at radius 2 is 1.43 bits per heavy atom. The fourth-order valence-electron chi connectivity index (χ4n) is 5.88. The summed E-state index contributed by atoms with van der Waals surface area (Å²) in [6, 6.07) is 31.7. The van der Waals surface area contributed by atoms with Gasteiger partial charge in [-0.2, -0.15) is 4.98 Å². The second-order valence-corrected chi connectivity index (χ2v) is 13.1. The molecule has 0 amide bonds. The lowest BCUT2D eigenvalue weighted by molar-refractivity contribution is 0.284. The number of hydrogen-bond acceptors (Lipinski definition) is 6. The van der Waals surface area contributed by atoms with Crippen molar-refractivity contribution < 1.29 is 8.42 Å². The van der Waals surface area contributed by atoms with Gasteiger partial charge in [0.25, 0.3) is 0 Å². The fourth-order valence-corrected chi connectivity index (χ4v) is 7.03. The molecule has 1 heterocycles. The number of sulfonamides is 1. The van der Waals surface area contributed by atoms with E-state index >= 15 is 0 Å². The van der Waals surface area contributed by atoms with E-state index in [9.17, 15) is 8.42 Å². The van der Waals surface area contributed by atoms with E-state index in [4.69, 9.17) is 9.97 Å². The quantitative estimate of drug-likeness (QED) is 0.193. The fraction of sp³-hybridized carbons (Fsp3) is 0.294. The van der Waals surface area contributed by atoms with E-state index in [2.05, 4.69) is 52.3 Å². The van der Waals surface area contributed by atoms with Crippen LogP contribution in [0.25, 0.3) is 21.7 Å². The van der Waals surface area contributed by atoms with Gasteiger partial charge in [-0.05, 0) is 78.1 Å². The van der Waals surface area contributed by atoms with Gasteiger partial charge in [0.1, 0.15) is 5.82 Å². The zero-order chi connectivity index (χ0) is 28.9. The molecule has 42 heavy (non-hydrogen) atoms. The lowest BCUT2D eigenvalue weighted by Gasteiger charge is -2.29. The monoisotopic (exact) mass is 579 g/mol. The van der Waals surface area contributed by atoms with Crippen LogP contribution in [0, 0.1) is 11.8 Å². The van der Waals surface area contributed by atoms with Crippen LogP contribution in [0.4, 0.5) is 11.8 Å². The number of anilines is 2. The molecule has 0 unspecified atom stereocenters. The third kappa shape index (κ3) is 6.55. The average Bonchev–Trinajstić information content (AvgIpc) is 3.03. The van der Waals surface area contributed by atoms with E-state index < -0.39 is 10.0 Å². The molecule has 0 atom stereocenters. The second-order valence-electron chi connectivity index (χ2n) is 11.4. The smallest absolute Gasteiger partial charge is 0.240 e. The highest BCUT2D eigenvalue weighted by Gasteiger charge is 2.24. The van der Waals surface area contributed by atoms with Gasteiger partial charge in [0.05, 0.1) is 10.4 Å². The summed E-state index contributed by atoms with van der Waals surface area (Å²) in [6.07, 6.45) is 4.08. The molecular weight excluding hydrogens is 542 g/mol. The van der Waals surface area contributed by atoms with Gasteiger partial charge >= 0.3 is 0 Å². The van der Waals surface area contributed by atoms with Gasteiger partial charge in [0.15, 0.2) is 0 Å². The maximum Gasteiger partial charge on any atom is 0.240 e. The molecule has 0 bridgehead atoms. The second kappa shape index (κ2) is 12.5. The molecule has 1 aliphatic carbocycles. The van der Waals surface area contributed by atoms with E-state index in [1.54, 1.807) is 12.1 Å².